The van der Waals surface area contributed by atoms with E-state index in [2.05, 4.69) is 32.4 Å². The van der Waals surface area contributed by atoms with E-state index in [-0.39, 0.29) is 0 Å². The highest BCUT2D eigenvalue weighted by Gasteiger charge is 2.26. The predicted molar refractivity (Wildman–Crippen MR) is 97.8 cm³/mol. The maximum absolute atomic E-state index is 9.50. The van der Waals surface area contributed by atoms with Gasteiger partial charge in [0, 0.05) is 25.2 Å². The average Bonchev–Trinajstić information content (AvgIpc) is 3.24. The van der Waals surface area contributed by atoms with Crippen molar-refractivity contribution >= 4 is 0 Å². The molecule has 1 aromatic carbocycles. The highest BCUT2D eigenvalue weighted by molar-refractivity contribution is 5.58. The minimum absolute atomic E-state index is 0.434. The summed E-state index contributed by atoms with van der Waals surface area (Å²) in [5, 5.41) is 18.4. The van der Waals surface area contributed by atoms with Crippen LogP contribution in [0.5, 0.6) is 0 Å². The molecule has 0 unspecified atom stereocenters. The van der Waals surface area contributed by atoms with Crippen LogP contribution >= 0.6 is 0 Å². The molecule has 4 aromatic rings. The van der Waals surface area contributed by atoms with E-state index in [0.717, 1.165) is 39.6 Å². The maximum Gasteiger partial charge on any atom is 0.162 e. The molecule has 0 bridgehead atoms. The highest BCUT2D eigenvalue weighted by atomic mass is 15.4. The van der Waals surface area contributed by atoms with Gasteiger partial charge in [-0.15, -0.1) is 5.10 Å². The lowest BCUT2D eigenvalue weighted by Gasteiger charge is -2.10. The molecule has 0 radical (unpaired) electrons. The van der Waals surface area contributed by atoms with E-state index in [1.807, 2.05) is 46.6 Å². The molecule has 4 heterocycles. The van der Waals surface area contributed by atoms with Gasteiger partial charge in [-0.05, 0) is 36.2 Å². The van der Waals surface area contributed by atoms with Crippen molar-refractivity contribution in [3.8, 4) is 17.4 Å². The Morgan fingerprint density at radius 1 is 1.19 bits per heavy atom. The summed E-state index contributed by atoms with van der Waals surface area (Å²) < 4.78 is 3.87. The van der Waals surface area contributed by atoms with Crippen molar-refractivity contribution in [1.82, 2.24) is 29.5 Å². The molecule has 27 heavy (non-hydrogen) atoms. The summed E-state index contributed by atoms with van der Waals surface area (Å²) in [4.78, 5) is 8.48. The zero-order chi connectivity index (χ0) is 18.4. The van der Waals surface area contributed by atoms with Gasteiger partial charge in [-0.25, -0.2) is 9.67 Å². The number of hydrogen-bond donors (Lipinski definition) is 0. The van der Waals surface area contributed by atoms with Gasteiger partial charge in [-0.3, -0.25) is 9.55 Å². The monoisotopic (exact) mass is 353 g/mol. The van der Waals surface area contributed by atoms with E-state index in [1.165, 1.54) is 0 Å². The highest BCUT2D eigenvalue weighted by Crippen LogP contribution is 2.30. The molecular formula is C20H15N7. The van der Waals surface area contributed by atoms with Gasteiger partial charge in [0.05, 0.1) is 28.5 Å². The summed E-state index contributed by atoms with van der Waals surface area (Å²) in [7, 11) is 0. The van der Waals surface area contributed by atoms with Gasteiger partial charge in [-0.2, -0.15) is 5.26 Å². The van der Waals surface area contributed by atoms with Crippen LogP contribution in [0.4, 0.5) is 0 Å². The molecule has 1 aliphatic rings. The van der Waals surface area contributed by atoms with Crippen LogP contribution in [0.2, 0.25) is 0 Å². The van der Waals surface area contributed by atoms with Crippen LogP contribution in [0.15, 0.2) is 49.1 Å². The molecule has 0 aliphatic carbocycles. The van der Waals surface area contributed by atoms with Crippen molar-refractivity contribution in [2.24, 2.45) is 0 Å². The number of nitrogens with zero attached hydrogens (tertiary/aromatic N) is 7. The third-order valence-corrected chi connectivity index (χ3v) is 4.86. The minimum atomic E-state index is 0.434. The standard InChI is InChI=1S/C20H15N7/c1-13-4-5-17-20(7-13)27-19(9-18-16(10-21)23-12-26(17)18)15(24-25-27)8-14-3-2-6-22-11-14/h2-7,11-12H,8-9H2,1H3. The molecule has 130 valence electrons. The first-order valence-corrected chi connectivity index (χ1v) is 8.64. The Labute approximate surface area is 155 Å². The molecule has 5 rings (SSSR count). The quantitative estimate of drug-likeness (QED) is 0.487. The lowest BCUT2D eigenvalue weighted by molar-refractivity contribution is 0.776. The maximum atomic E-state index is 9.50. The number of aryl methyl sites for hydroxylation is 1. The molecule has 0 amide bonds. The van der Waals surface area contributed by atoms with Crippen LogP contribution in [0, 0.1) is 18.3 Å². The average molecular weight is 353 g/mol. The first-order valence-electron chi connectivity index (χ1n) is 8.64. The second-order valence-corrected chi connectivity index (χ2v) is 6.62. The number of imidazole rings is 1. The van der Waals surface area contributed by atoms with Gasteiger partial charge in [-0.1, -0.05) is 17.3 Å². The van der Waals surface area contributed by atoms with Crippen LogP contribution in [-0.2, 0) is 12.8 Å². The summed E-state index contributed by atoms with van der Waals surface area (Å²) in [6, 6.07) is 12.3. The van der Waals surface area contributed by atoms with E-state index in [1.54, 1.807) is 12.5 Å². The molecular weight excluding hydrogens is 338 g/mol. The largest absolute Gasteiger partial charge is 0.299 e. The normalized spacial score (nSPS) is 11.9. The third kappa shape index (κ3) is 2.42. The van der Waals surface area contributed by atoms with Gasteiger partial charge in [0.15, 0.2) is 5.69 Å². The predicted octanol–water partition coefficient (Wildman–Crippen LogP) is 2.52. The van der Waals surface area contributed by atoms with Gasteiger partial charge in [0.2, 0.25) is 0 Å². The van der Waals surface area contributed by atoms with E-state index in [0.29, 0.717) is 18.5 Å². The number of hydrogen-bond acceptors (Lipinski definition) is 5. The number of nitriles is 1. The topological polar surface area (TPSA) is 85.2 Å². The SMILES string of the molecule is Cc1ccc2c(c1)-n1nnc(Cc3cccnc3)c1Cc1c(C#N)ncn1-2. The number of aromatic nitrogens is 6. The van der Waals surface area contributed by atoms with Crippen LogP contribution in [0.1, 0.15) is 33.9 Å². The van der Waals surface area contributed by atoms with Gasteiger partial charge < -0.3 is 0 Å². The van der Waals surface area contributed by atoms with Crippen LogP contribution in [-0.4, -0.2) is 29.5 Å². The molecule has 1 aliphatic heterocycles. The molecule has 3 aromatic heterocycles. The Morgan fingerprint density at radius 3 is 2.93 bits per heavy atom. The van der Waals surface area contributed by atoms with Crippen molar-refractivity contribution in [1.29, 1.82) is 5.26 Å². The van der Waals surface area contributed by atoms with Gasteiger partial charge >= 0.3 is 0 Å². The second-order valence-electron chi connectivity index (χ2n) is 6.62. The van der Waals surface area contributed by atoms with Crippen LogP contribution in [0.3, 0.4) is 0 Å². The van der Waals surface area contributed by atoms with Crippen molar-refractivity contribution in [3.05, 3.63) is 83.0 Å². The van der Waals surface area contributed by atoms with Crippen molar-refractivity contribution in [2.75, 3.05) is 0 Å². The van der Waals surface area contributed by atoms with Gasteiger partial charge in [0.1, 0.15) is 12.4 Å². The van der Waals surface area contributed by atoms with E-state index in [4.69, 9.17) is 0 Å². The number of benzene rings is 1. The zero-order valence-corrected chi connectivity index (χ0v) is 14.7. The second kappa shape index (κ2) is 5.88. The summed E-state index contributed by atoms with van der Waals surface area (Å²) >= 11 is 0. The molecule has 0 atom stereocenters. The molecule has 0 N–H and O–H groups in total. The first kappa shape index (κ1) is 15.5. The Kier molecular flexibility index (Phi) is 3.37. The van der Waals surface area contributed by atoms with Crippen molar-refractivity contribution < 1.29 is 0 Å². The molecule has 0 saturated heterocycles. The zero-order valence-electron chi connectivity index (χ0n) is 14.7. The van der Waals surface area contributed by atoms with E-state index in [9.17, 15) is 5.26 Å². The Hall–Kier alpha value is -3.79. The fraction of sp³-hybridized carbons (Fsp3) is 0.150. The van der Waals surface area contributed by atoms with Crippen molar-refractivity contribution in [2.45, 2.75) is 19.8 Å². The third-order valence-electron chi connectivity index (χ3n) is 4.86. The Bertz CT molecular complexity index is 1200. The van der Waals surface area contributed by atoms with Crippen LogP contribution < -0.4 is 0 Å². The molecule has 7 nitrogen and oxygen atoms in total. The molecule has 0 saturated carbocycles. The van der Waals surface area contributed by atoms with Crippen molar-refractivity contribution in [3.63, 3.8) is 0 Å². The summed E-state index contributed by atoms with van der Waals surface area (Å²) in [6.45, 7) is 2.05. The summed E-state index contributed by atoms with van der Waals surface area (Å²) in [5.74, 6) is 0. The lowest BCUT2D eigenvalue weighted by atomic mass is 10.1. The number of fused-ring (bicyclic) bond motifs is 5. The molecule has 0 fully saturated rings. The lowest BCUT2D eigenvalue weighted by Crippen LogP contribution is -2.04. The number of pyridine rings is 1. The summed E-state index contributed by atoms with van der Waals surface area (Å²) in [5.41, 5.74) is 7.24. The summed E-state index contributed by atoms with van der Waals surface area (Å²) in [6.07, 6.45) is 6.49. The Balaban J connectivity index is 1.73. The number of rotatable bonds is 2. The molecule has 7 heteroatoms. The fourth-order valence-corrected chi connectivity index (χ4v) is 3.55. The van der Waals surface area contributed by atoms with Gasteiger partial charge in [0.25, 0.3) is 0 Å². The van der Waals surface area contributed by atoms with Crippen LogP contribution in [0.25, 0.3) is 11.4 Å². The fourth-order valence-electron chi connectivity index (χ4n) is 3.55. The minimum Gasteiger partial charge on any atom is -0.299 e. The van der Waals surface area contributed by atoms with E-state index >= 15 is 0 Å². The Morgan fingerprint density at radius 2 is 2.11 bits per heavy atom. The van der Waals surface area contributed by atoms with E-state index < -0.39 is 0 Å². The molecule has 0 spiro atoms. The smallest absolute Gasteiger partial charge is 0.162 e. The first-order chi connectivity index (χ1) is 13.2.